The first-order valence-corrected chi connectivity index (χ1v) is 9.26. The van der Waals surface area contributed by atoms with Crippen molar-refractivity contribution in [3.8, 4) is 0 Å². The van der Waals surface area contributed by atoms with Gasteiger partial charge in [0, 0.05) is 18.2 Å². The van der Waals surface area contributed by atoms with E-state index in [2.05, 4.69) is 0 Å². The van der Waals surface area contributed by atoms with Gasteiger partial charge in [0.2, 0.25) is 0 Å². The van der Waals surface area contributed by atoms with Gasteiger partial charge in [-0.3, -0.25) is 0 Å². The Morgan fingerprint density at radius 2 is 1.83 bits per heavy atom. The highest BCUT2D eigenvalue weighted by Crippen LogP contribution is 2.14. The Morgan fingerprint density at radius 3 is 2.54 bits per heavy atom. The van der Waals surface area contributed by atoms with Crippen LogP contribution in [0.5, 0.6) is 0 Å². The van der Waals surface area contributed by atoms with Crippen molar-refractivity contribution >= 4 is 15.8 Å². The third-order valence-electron chi connectivity index (χ3n) is 3.32. The molecule has 0 atom stereocenters. The standard InChI is InChI=1S/C18H20NO4S/c1-2-23-18(20)12-8-14-19-13-7-6-9-16(19)15-24(21,22)17-10-4-3-5-11-17/h3-13H,2,14-15H2,1H3/q+1. The minimum Gasteiger partial charge on any atom is -0.463 e. The topological polar surface area (TPSA) is 64.3 Å². The molecule has 0 amide bonds. The number of allylic oxidation sites excluding steroid dienone is 1. The molecule has 6 heteroatoms. The molecule has 126 valence electrons. The molecule has 0 aliphatic heterocycles. The van der Waals surface area contributed by atoms with E-state index in [0.29, 0.717) is 23.7 Å². The number of ether oxygens (including phenoxy) is 1. The highest BCUT2D eigenvalue weighted by Gasteiger charge is 2.20. The highest BCUT2D eigenvalue weighted by molar-refractivity contribution is 7.90. The number of hydrogen-bond acceptors (Lipinski definition) is 4. The summed E-state index contributed by atoms with van der Waals surface area (Å²) in [4.78, 5) is 11.6. The average Bonchev–Trinajstić information content (AvgIpc) is 2.57. The van der Waals surface area contributed by atoms with Gasteiger partial charge in [0.1, 0.15) is 5.75 Å². The van der Waals surface area contributed by atoms with E-state index in [9.17, 15) is 13.2 Å². The van der Waals surface area contributed by atoms with Crippen molar-refractivity contribution < 1.29 is 22.5 Å². The lowest BCUT2D eigenvalue weighted by Gasteiger charge is -2.04. The van der Waals surface area contributed by atoms with Crippen molar-refractivity contribution in [1.29, 1.82) is 0 Å². The highest BCUT2D eigenvalue weighted by atomic mass is 32.2. The molecule has 2 rings (SSSR count). The van der Waals surface area contributed by atoms with Gasteiger partial charge in [0.05, 0.1) is 11.5 Å². The van der Waals surface area contributed by atoms with E-state index in [1.54, 1.807) is 66.2 Å². The summed E-state index contributed by atoms with van der Waals surface area (Å²) in [6.45, 7) is 2.45. The molecule has 0 aliphatic rings. The van der Waals surface area contributed by atoms with Crippen LogP contribution in [0.3, 0.4) is 0 Å². The maximum absolute atomic E-state index is 12.5. The van der Waals surface area contributed by atoms with Crippen LogP contribution in [0, 0.1) is 0 Å². The first-order chi connectivity index (χ1) is 11.5. The molecule has 0 aliphatic carbocycles. The van der Waals surface area contributed by atoms with Crippen molar-refractivity contribution in [3.63, 3.8) is 0 Å². The Hall–Kier alpha value is -2.47. The van der Waals surface area contributed by atoms with Gasteiger partial charge < -0.3 is 4.74 Å². The molecule has 0 unspecified atom stereocenters. The summed E-state index contributed by atoms with van der Waals surface area (Å²) in [7, 11) is -3.42. The zero-order chi connectivity index (χ0) is 17.4. The van der Waals surface area contributed by atoms with E-state index in [0.717, 1.165) is 0 Å². The van der Waals surface area contributed by atoms with E-state index >= 15 is 0 Å². The second kappa shape index (κ2) is 8.40. The average molecular weight is 346 g/mol. The Bertz CT molecular complexity index is 814. The molecule has 0 saturated carbocycles. The fourth-order valence-corrected chi connectivity index (χ4v) is 3.57. The summed E-state index contributed by atoms with van der Waals surface area (Å²) in [5.74, 6) is -0.516. The lowest BCUT2D eigenvalue weighted by atomic mass is 10.3. The van der Waals surface area contributed by atoms with Gasteiger partial charge in [-0.15, -0.1) is 0 Å². The van der Waals surface area contributed by atoms with Crippen LogP contribution in [0.15, 0.2) is 71.8 Å². The first kappa shape index (κ1) is 17.9. The quantitative estimate of drug-likeness (QED) is 0.437. The molecule has 2 aromatic rings. The molecule has 0 saturated heterocycles. The molecule has 1 heterocycles. The smallest absolute Gasteiger partial charge is 0.330 e. The molecule has 0 radical (unpaired) electrons. The Balaban J connectivity index is 2.16. The van der Waals surface area contributed by atoms with Crippen LogP contribution in [0.4, 0.5) is 0 Å². The number of esters is 1. The predicted octanol–water partition coefficient (Wildman–Crippen LogP) is 2.07. The van der Waals surface area contributed by atoms with Crippen LogP contribution in [-0.4, -0.2) is 21.0 Å². The number of carbonyl (C=O) groups is 1. The number of pyridine rings is 1. The fourth-order valence-electron chi connectivity index (χ4n) is 2.18. The van der Waals surface area contributed by atoms with Gasteiger partial charge in [-0.05, 0) is 25.1 Å². The van der Waals surface area contributed by atoms with Crippen molar-refractivity contribution in [2.24, 2.45) is 0 Å². The van der Waals surface area contributed by atoms with Crippen LogP contribution >= 0.6 is 0 Å². The van der Waals surface area contributed by atoms with Crippen molar-refractivity contribution in [3.05, 3.63) is 72.6 Å². The van der Waals surface area contributed by atoms with Crippen LogP contribution in [0.25, 0.3) is 0 Å². The van der Waals surface area contributed by atoms with Gasteiger partial charge in [-0.2, -0.15) is 4.57 Å². The molecule has 5 nitrogen and oxygen atoms in total. The number of carbonyl (C=O) groups excluding carboxylic acids is 1. The number of hydrogen-bond donors (Lipinski definition) is 0. The maximum Gasteiger partial charge on any atom is 0.330 e. The maximum atomic E-state index is 12.5. The Kier molecular flexibility index (Phi) is 6.26. The number of aromatic nitrogens is 1. The van der Waals surface area contributed by atoms with Crippen LogP contribution in [0.2, 0.25) is 0 Å². The monoisotopic (exact) mass is 346 g/mol. The summed E-state index contributed by atoms with van der Waals surface area (Å²) in [6.07, 6.45) is 4.78. The lowest BCUT2D eigenvalue weighted by Crippen LogP contribution is -2.38. The summed E-state index contributed by atoms with van der Waals surface area (Å²) in [5.41, 5.74) is 0.648. The second-order valence-electron chi connectivity index (χ2n) is 5.07. The van der Waals surface area contributed by atoms with Crippen LogP contribution in [0.1, 0.15) is 12.6 Å². The molecule has 1 aromatic heterocycles. The van der Waals surface area contributed by atoms with Gasteiger partial charge in [-0.1, -0.05) is 24.3 Å². The SMILES string of the molecule is CCOC(=O)C=CC[n+]1ccccc1CS(=O)(=O)c1ccccc1. The zero-order valence-electron chi connectivity index (χ0n) is 13.5. The van der Waals surface area contributed by atoms with Gasteiger partial charge >= 0.3 is 5.97 Å². The molecule has 1 aromatic carbocycles. The van der Waals surface area contributed by atoms with Gasteiger partial charge in [-0.25, -0.2) is 13.2 Å². The van der Waals surface area contributed by atoms with Crippen molar-refractivity contribution in [2.45, 2.75) is 24.1 Å². The first-order valence-electron chi connectivity index (χ1n) is 7.61. The molecule has 24 heavy (non-hydrogen) atoms. The van der Waals surface area contributed by atoms with Crippen molar-refractivity contribution in [2.75, 3.05) is 6.61 Å². The van der Waals surface area contributed by atoms with E-state index in [1.807, 2.05) is 6.07 Å². The van der Waals surface area contributed by atoms with Crippen molar-refractivity contribution in [1.82, 2.24) is 0 Å². The second-order valence-corrected chi connectivity index (χ2v) is 7.06. The third-order valence-corrected chi connectivity index (χ3v) is 4.98. The summed E-state index contributed by atoms with van der Waals surface area (Å²) < 4.78 is 31.6. The number of sulfone groups is 1. The Labute approximate surface area is 142 Å². The number of benzene rings is 1. The normalized spacial score (nSPS) is 11.5. The lowest BCUT2D eigenvalue weighted by molar-refractivity contribution is -0.693. The summed E-state index contributed by atoms with van der Waals surface area (Å²) in [5, 5.41) is 0. The van der Waals surface area contributed by atoms with E-state index < -0.39 is 15.8 Å². The van der Waals surface area contributed by atoms with E-state index in [-0.39, 0.29) is 5.75 Å². The molecule has 0 N–H and O–H groups in total. The van der Waals surface area contributed by atoms with Crippen LogP contribution < -0.4 is 4.57 Å². The van der Waals surface area contributed by atoms with Gasteiger partial charge in [0.25, 0.3) is 0 Å². The minimum absolute atomic E-state index is 0.106. The summed E-state index contributed by atoms with van der Waals surface area (Å²) >= 11 is 0. The van der Waals surface area contributed by atoms with E-state index in [1.165, 1.54) is 6.08 Å². The zero-order valence-corrected chi connectivity index (χ0v) is 14.3. The largest absolute Gasteiger partial charge is 0.463 e. The predicted molar refractivity (Wildman–Crippen MR) is 89.7 cm³/mol. The van der Waals surface area contributed by atoms with Gasteiger partial charge in [0.15, 0.2) is 28.3 Å². The fraction of sp³-hybridized carbons (Fsp3) is 0.222. The molecule has 0 fully saturated rings. The number of rotatable bonds is 7. The number of nitrogens with zero attached hydrogens (tertiary/aromatic N) is 1. The molecule has 0 spiro atoms. The summed E-state index contributed by atoms with van der Waals surface area (Å²) in [6, 6.07) is 13.7. The minimum atomic E-state index is -3.42. The van der Waals surface area contributed by atoms with Crippen LogP contribution in [-0.2, 0) is 31.7 Å². The molecular weight excluding hydrogens is 326 g/mol. The van der Waals surface area contributed by atoms with E-state index in [4.69, 9.17) is 4.74 Å². The molecular formula is C18H20NO4S+. The Morgan fingerprint density at radius 1 is 1.12 bits per heavy atom. The molecule has 0 bridgehead atoms. The third kappa shape index (κ3) is 5.03.